The maximum Gasteiger partial charge on any atom is 0.236 e. The number of carbonyl (C=O) groups is 1. The van der Waals surface area contributed by atoms with Gasteiger partial charge in [0.05, 0.1) is 12.7 Å². The fourth-order valence-corrected chi connectivity index (χ4v) is 5.12. The minimum atomic E-state index is 0.245. The largest absolute Gasteiger partial charge is 0.342 e. The van der Waals surface area contributed by atoms with E-state index in [1.54, 1.807) is 6.20 Å². The molecular formula is C25H30Cl2N8O. The van der Waals surface area contributed by atoms with Gasteiger partial charge in [-0.05, 0) is 69.3 Å². The maximum atomic E-state index is 12.6. The lowest BCUT2D eigenvalue weighted by molar-refractivity contribution is -0.134. The van der Waals surface area contributed by atoms with Crippen LogP contribution in [0.5, 0.6) is 0 Å². The van der Waals surface area contributed by atoms with E-state index in [1.807, 2.05) is 30.9 Å². The van der Waals surface area contributed by atoms with E-state index < -0.39 is 0 Å². The highest BCUT2D eigenvalue weighted by Crippen LogP contribution is 2.37. The number of rotatable bonds is 7. The Hall–Kier alpha value is -2.88. The second kappa shape index (κ2) is 10.6. The number of H-pyrrole nitrogens is 1. The highest BCUT2D eigenvalue weighted by Gasteiger charge is 2.27. The number of aromatic nitrogens is 4. The highest BCUT2D eigenvalue weighted by molar-refractivity contribution is 6.33. The molecule has 5 rings (SSSR count). The zero-order valence-electron chi connectivity index (χ0n) is 20.4. The monoisotopic (exact) mass is 528 g/mol. The van der Waals surface area contributed by atoms with Crippen LogP contribution < -0.4 is 10.6 Å². The molecule has 2 saturated heterocycles. The molecule has 0 saturated carbocycles. The first-order valence-electron chi connectivity index (χ1n) is 12.2. The molecular weight excluding hydrogens is 499 g/mol. The number of anilines is 4. The van der Waals surface area contributed by atoms with Gasteiger partial charge in [0.1, 0.15) is 5.02 Å². The van der Waals surface area contributed by atoms with Crippen LogP contribution in [0.3, 0.4) is 0 Å². The Morgan fingerprint density at radius 2 is 1.86 bits per heavy atom. The summed E-state index contributed by atoms with van der Waals surface area (Å²) >= 11 is 13.0. The number of piperidine rings is 1. The van der Waals surface area contributed by atoms with Crippen LogP contribution in [0, 0.1) is 13.8 Å². The molecule has 36 heavy (non-hydrogen) atoms. The quantitative estimate of drug-likeness (QED) is 0.395. The molecule has 11 heteroatoms. The molecule has 2 aliphatic heterocycles. The molecule has 2 aromatic heterocycles. The number of aryl methyl sites for hydroxylation is 2. The molecule has 190 valence electrons. The van der Waals surface area contributed by atoms with Gasteiger partial charge < -0.3 is 15.5 Å². The van der Waals surface area contributed by atoms with E-state index in [-0.39, 0.29) is 5.91 Å². The maximum absolute atomic E-state index is 12.6. The number of hydrogen-bond donors (Lipinski definition) is 3. The lowest BCUT2D eigenvalue weighted by Gasteiger charge is -2.36. The molecule has 0 aliphatic carbocycles. The molecule has 4 heterocycles. The third kappa shape index (κ3) is 5.58. The van der Waals surface area contributed by atoms with Crippen molar-refractivity contribution in [1.82, 2.24) is 30.0 Å². The van der Waals surface area contributed by atoms with Crippen molar-refractivity contribution >= 4 is 52.4 Å². The van der Waals surface area contributed by atoms with Crippen LogP contribution in [0.4, 0.5) is 23.3 Å². The Morgan fingerprint density at radius 3 is 2.53 bits per heavy atom. The van der Waals surface area contributed by atoms with Crippen molar-refractivity contribution in [1.29, 1.82) is 0 Å². The van der Waals surface area contributed by atoms with Gasteiger partial charge in [-0.1, -0.05) is 29.3 Å². The number of likely N-dealkylation sites (tertiary alicyclic amines) is 2. The first-order chi connectivity index (χ1) is 17.4. The molecule has 0 unspecified atom stereocenters. The summed E-state index contributed by atoms with van der Waals surface area (Å²) < 4.78 is 0. The zero-order chi connectivity index (χ0) is 25.2. The lowest BCUT2D eigenvalue weighted by atomic mass is 9.88. The summed E-state index contributed by atoms with van der Waals surface area (Å²) in [5.41, 5.74) is 3.93. The summed E-state index contributed by atoms with van der Waals surface area (Å²) in [4.78, 5) is 25.6. The number of nitrogens with zero attached hydrogens (tertiary/aromatic N) is 5. The van der Waals surface area contributed by atoms with Crippen LogP contribution >= 0.6 is 23.2 Å². The summed E-state index contributed by atoms with van der Waals surface area (Å²) in [7, 11) is 0. The van der Waals surface area contributed by atoms with Crippen LogP contribution in [0.1, 0.15) is 42.0 Å². The Morgan fingerprint density at radius 1 is 1.08 bits per heavy atom. The van der Waals surface area contributed by atoms with Crippen molar-refractivity contribution in [3.8, 4) is 0 Å². The highest BCUT2D eigenvalue weighted by atomic mass is 35.5. The van der Waals surface area contributed by atoms with Gasteiger partial charge in [-0.2, -0.15) is 10.1 Å². The lowest BCUT2D eigenvalue weighted by Crippen LogP contribution is -2.47. The van der Waals surface area contributed by atoms with E-state index in [0.717, 1.165) is 61.5 Å². The van der Waals surface area contributed by atoms with Gasteiger partial charge in [0, 0.05) is 35.6 Å². The van der Waals surface area contributed by atoms with Crippen molar-refractivity contribution in [2.75, 3.05) is 43.4 Å². The number of halogens is 2. The van der Waals surface area contributed by atoms with Crippen molar-refractivity contribution in [3.63, 3.8) is 0 Å². The fourth-order valence-electron chi connectivity index (χ4n) is 4.66. The molecule has 0 bridgehead atoms. The molecule has 3 N–H and O–H groups in total. The van der Waals surface area contributed by atoms with Crippen LogP contribution in [0.25, 0.3) is 0 Å². The third-order valence-electron chi connectivity index (χ3n) is 6.88. The minimum Gasteiger partial charge on any atom is -0.342 e. The molecule has 3 aromatic rings. The van der Waals surface area contributed by atoms with Gasteiger partial charge in [0.25, 0.3) is 0 Å². The molecule has 0 atom stereocenters. The van der Waals surface area contributed by atoms with Crippen LogP contribution in [-0.4, -0.2) is 68.6 Å². The Bertz CT molecular complexity index is 1250. The average molecular weight is 529 g/mol. The molecule has 0 spiro atoms. The minimum absolute atomic E-state index is 0.245. The van der Waals surface area contributed by atoms with E-state index in [9.17, 15) is 4.79 Å². The first-order valence-corrected chi connectivity index (χ1v) is 13.0. The summed E-state index contributed by atoms with van der Waals surface area (Å²) in [5.74, 6) is 2.05. The molecule has 2 aliphatic rings. The molecule has 1 amide bonds. The van der Waals surface area contributed by atoms with Crippen LogP contribution in [-0.2, 0) is 4.79 Å². The van der Waals surface area contributed by atoms with Gasteiger partial charge in [0.2, 0.25) is 11.9 Å². The Labute approximate surface area is 220 Å². The normalized spacial score (nSPS) is 16.6. The second-order valence-electron chi connectivity index (χ2n) is 9.55. The number of amides is 1. The fraction of sp³-hybridized carbons (Fsp3) is 0.440. The SMILES string of the molecule is Cc1cc(Nc2nc(Nc3cc(Cl)c(C4CCN(C(=O)CN5CCC5)CC4)cc3C)ncc2Cl)n[nH]1. The van der Waals surface area contributed by atoms with Gasteiger partial charge in [0.15, 0.2) is 11.6 Å². The number of benzene rings is 1. The Kier molecular flexibility index (Phi) is 7.32. The summed E-state index contributed by atoms with van der Waals surface area (Å²) in [6, 6.07) is 5.92. The predicted octanol–water partition coefficient (Wildman–Crippen LogP) is 5.02. The van der Waals surface area contributed by atoms with Crippen molar-refractivity contribution in [3.05, 3.63) is 51.3 Å². The summed E-state index contributed by atoms with van der Waals surface area (Å²) in [5, 5.41) is 14.5. The second-order valence-corrected chi connectivity index (χ2v) is 10.4. The topological polar surface area (TPSA) is 102 Å². The van der Waals surface area contributed by atoms with Crippen molar-refractivity contribution in [2.24, 2.45) is 0 Å². The average Bonchev–Trinajstić information content (AvgIpc) is 3.25. The molecule has 2 fully saturated rings. The predicted molar refractivity (Wildman–Crippen MR) is 143 cm³/mol. The van der Waals surface area contributed by atoms with E-state index in [4.69, 9.17) is 23.2 Å². The zero-order valence-corrected chi connectivity index (χ0v) is 22.0. The molecule has 0 radical (unpaired) electrons. The van der Waals surface area contributed by atoms with Gasteiger partial charge in [-0.3, -0.25) is 14.8 Å². The van der Waals surface area contributed by atoms with E-state index >= 15 is 0 Å². The third-order valence-corrected chi connectivity index (χ3v) is 7.49. The van der Waals surface area contributed by atoms with Crippen LogP contribution in [0.15, 0.2) is 24.4 Å². The number of nitrogens with one attached hydrogen (secondary N) is 3. The summed E-state index contributed by atoms with van der Waals surface area (Å²) in [6.45, 7) is 8.14. The van der Waals surface area contributed by atoms with Crippen molar-refractivity contribution in [2.45, 2.75) is 39.0 Å². The number of carbonyl (C=O) groups excluding carboxylic acids is 1. The van der Waals surface area contributed by atoms with E-state index in [1.165, 1.54) is 6.42 Å². The van der Waals surface area contributed by atoms with Gasteiger partial charge >= 0.3 is 0 Å². The van der Waals surface area contributed by atoms with Crippen molar-refractivity contribution < 1.29 is 4.79 Å². The van der Waals surface area contributed by atoms with E-state index in [0.29, 0.717) is 40.1 Å². The van der Waals surface area contributed by atoms with E-state index in [2.05, 4.69) is 41.8 Å². The molecule has 9 nitrogen and oxygen atoms in total. The number of hydrogen-bond acceptors (Lipinski definition) is 7. The first kappa shape index (κ1) is 24.8. The van der Waals surface area contributed by atoms with Gasteiger partial charge in [-0.15, -0.1) is 0 Å². The number of aromatic amines is 1. The van der Waals surface area contributed by atoms with Gasteiger partial charge in [-0.25, -0.2) is 4.98 Å². The smallest absolute Gasteiger partial charge is 0.236 e. The standard InChI is InChI=1S/C25H30Cl2N8O/c1-15-10-18(17-4-8-35(9-5-17)23(36)14-34-6-3-7-34)19(26)12-21(15)29-25-28-13-20(27)24(31-25)30-22-11-16(2)32-33-22/h10-13,17H,3-9,14H2,1-2H3,(H3,28,29,30,31,32,33). The van der Waals surface area contributed by atoms with Crippen LogP contribution in [0.2, 0.25) is 10.0 Å². The summed E-state index contributed by atoms with van der Waals surface area (Å²) in [6.07, 6.45) is 4.57. The molecule has 1 aromatic carbocycles. The Balaban J connectivity index is 1.24.